The second-order valence-electron chi connectivity index (χ2n) is 7.68. The van der Waals surface area contributed by atoms with E-state index in [0.717, 1.165) is 22.4 Å². The molecule has 0 radical (unpaired) electrons. The largest absolute Gasteiger partial charge is 0.471 e. The number of anilines is 1. The molecule has 0 aliphatic heterocycles. The van der Waals surface area contributed by atoms with E-state index in [9.17, 15) is 4.79 Å². The van der Waals surface area contributed by atoms with Gasteiger partial charge in [0.2, 0.25) is 0 Å². The first-order valence-electron chi connectivity index (χ1n) is 10.1. The summed E-state index contributed by atoms with van der Waals surface area (Å²) in [5.74, 6) is 0.947. The van der Waals surface area contributed by atoms with Crippen molar-refractivity contribution in [2.45, 2.75) is 34.0 Å². The molecule has 0 unspecified atom stereocenters. The molecular weight excluding hydrogens is 390 g/mol. The average Bonchev–Trinajstić information content (AvgIpc) is 3.35. The maximum absolute atomic E-state index is 12.5. The lowest BCUT2D eigenvalue weighted by Crippen LogP contribution is -2.15. The summed E-state index contributed by atoms with van der Waals surface area (Å²) >= 11 is 0. The first-order valence-corrected chi connectivity index (χ1v) is 10.1. The van der Waals surface area contributed by atoms with Crippen LogP contribution >= 0.6 is 0 Å². The lowest BCUT2D eigenvalue weighted by atomic mass is 10.1. The number of rotatable bonds is 7. The minimum Gasteiger partial charge on any atom is -0.471 e. The molecule has 0 aliphatic rings. The number of ether oxygens (including phenoxy) is 1. The van der Waals surface area contributed by atoms with Crippen LogP contribution in [0, 0.1) is 20.8 Å². The molecule has 31 heavy (non-hydrogen) atoms. The molecule has 0 saturated carbocycles. The van der Waals surface area contributed by atoms with Crippen LogP contribution < -0.4 is 10.1 Å². The summed E-state index contributed by atoms with van der Waals surface area (Å²) in [7, 11) is 0. The molecule has 7 nitrogen and oxygen atoms in total. The second-order valence-corrected chi connectivity index (χ2v) is 7.68. The van der Waals surface area contributed by atoms with Crippen LogP contribution in [-0.4, -0.2) is 25.5 Å². The number of aryl methyl sites for hydroxylation is 3. The molecule has 2 aromatic carbocycles. The van der Waals surface area contributed by atoms with Crippen LogP contribution in [-0.2, 0) is 13.3 Å². The Morgan fingerprint density at radius 1 is 0.903 bits per heavy atom. The summed E-state index contributed by atoms with van der Waals surface area (Å²) in [4.78, 5) is 12.5. The maximum atomic E-state index is 12.5. The van der Waals surface area contributed by atoms with Gasteiger partial charge in [-0.2, -0.15) is 10.2 Å². The number of aromatic nitrogens is 4. The van der Waals surface area contributed by atoms with Gasteiger partial charge in [0.1, 0.15) is 5.75 Å². The van der Waals surface area contributed by atoms with Crippen molar-refractivity contribution in [1.82, 2.24) is 19.6 Å². The first-order chi connectivity index (χ1) is 14.9. The van der Waals surface area contributed by atoms with Crippen LogP contribution in [0.3, 0.4) is 0 Å². The van der Waals surface area contributed by atoms with Crippen molar-refractivity contribution in [1.29, 1.82) is 0 Å². The molecule has 0 spiro atoms. The van der Waals surface area contributed by atoms with Gasteiger partial charge in [-0.05, 0) is 55.7 Å². The molecule has 2 aromatic heterocycles. The zero-order valence-electron chi connectivity index (χ0n) is 17.9. The molecule has 7 heteroatoms. The highest BCUT2D eigenvalue weighted by Gasteiger charge is 2.12. The van der Waals surface area contributed by atoms with Gasteiger partial charge in [-0.25, -0.2) is 4.68 Å². The minimum atomic E-state index is -0.314. The average molecular weight is 415 g/mol. The summed E-state index contributed by atoms with van der Waals surface area (Å²) < 4.78 is 9.16. The Balaban J connectivity index is 1.34. The Labute approximate surface area is 181 Å². The molecule has 4 aromatic rings. The van der Waals surface area contributed by atoms with Crippen molar-refractivity contribution in [2.24, 2.45) is 0 Å². The Morgan fingerprint density at radius 2 is 1.68 bits per heavy atom. The fraction of sp³-hybridized carbons (Fsp3) is 0.208. The van der Waals surface area contributed by atoms with Gasteiger partial charge in [-0.1, -0.05) is 35.9 Å². The molecule has 4 rings (SSSR count). The normalized spacial score (nSPS) is 10.8. The standard InChI is InChI=1S/C24H25N5O2/c1-17-5-4-6-20(12-17)15-28-10-8-23(27-28)25-24(30)22-7-9-29(26-22)16-31-21-13-18(2)11-19(3)14-21/h4-14H,15-16H2,1-3H3,(H,25,27,30). The van der Waals surface area contributed by atoms with E-state index >= 15 is 0 Å². The van der Waals surface area contributed by atoms with Crippen LogP contribution in [0.1, 0.15) is 32.7 Å². The summed E-state index contributed by atoms with van der Waals surface area (Å²) in [6, 6.07) is 17.7. The van der Waals surface area contributed by atoms with Crippen molar-refractivity contribution in [3.05, 3.63) is 94.9 Å². The van der Waals surface area contributed by atoms with Crippen LogP contribution in [0.4, 0.5) is 5.82 Å². The molecule has 0 atom stereocenters. The van der Waals surface area contributed by atoms with Crippen molar-refractivity contribution < 1.29 is 9.53 Å². The summed E-state index contributed by atoms with van der Waals surface area (Å²) in [6.07, 6.45) is 3.56. The zero-order chi connectivity index (χ0) is 21.8. The monoisotopic (exact) mass is 415 g/mol. The van der Waals surface area contributed by atoms with E-state index in [-0.39, 0.29) is 12.6 Å². The molecule has 0 fully saturated rings. The van der Waals surface area contributed by atoms with Crippen molar-refractivity contribution in [2.75, 3.05) is 5.32 Å². The van der Waals surface area contributed by atoms with Gasteiger partial charge in [-0.3, -0.25) is 9.48 Å². The number of nitrogens with one attached hydrogen (secondary N) is 1. The van der Waals surface area contributed by atoms with Gasteiger partial charge in [0.25, 0.3) is 5.91 Å². The van der Waals surface area contributed by atoms with Crippen LogP contribution in [0.15, 0.2) is 67.0 Å². The Bertz CT molecular complexity index is 1190. The molecule has 1 N–H and O–H groups in total. The lowest BCUT2D eigenvalue weighted by molar-refractivity contribution is 0.101. The number of carbonyl (C=O) groups is 1. The fourth-order valence-corrected chi connectivity index (χ4v) is 3.41. The third kappa shape index (κ3) is 5.39. The van der Waals surface area contributed by atoms with Gasteiger partial charge in [0.15, 0.2) is 18.2 Å². The second kappa shape index (κ2) is 8.87. The number of benzene rings is 2. The quantitative estimate of drug-likeness (QED) is 0.487. The Hall–Kier alpha value is -3.87. The smallest absolute Gasteiger partial charge is 0.277 e. The number of hydrogen-bond acceptors (Lipinski definition) is 4. The predicted octanol–water partition coefficient (Wildman–Crippen LogP) is 4.34. The maximum Gasteiger partial charge on any atom is 0.277 e. The van der Waals surface area contributed by atoms with E-state index in [0.29, 0.717) is 18.1 Å². The fourth-order valence-electron chi connectivity index (χ4n) is 3.41. The molecule has 0 saturated heterocycles. The third-order valence-corrected chi connectivity index (χ3v) is 4.74. The van der Waals surface area contributed by atoms with E-state index in [4.69, 9.17) is 4.74 Å². The van der Waals surface area contributed by atoms with E-state index < -0.39 is 0 Å². The highest BCUT2D eigenvalue weighted by atomic mass is 16.5. The molecule has 0 bridgehead atoms. The van der Waals surface area contributed by atoms with Crippen molar-refractivity contribution in [3.63, 3.8) is 0 Å². The number of amides is 1. The van der Waals surface area contributed by atoms with Crippen LogP contribution in [0.2, 0.25) is 0 Å². The minimum absolute atomic E-state index is 0.224. The molecule has 1 amide bonds. The van der Waals surface area contributed by atoms with Gasteiger partial charge >= 0.3 is 0 Å². The SMILES string of the molecule is Cc1cccc(Cn2ccc(NC(=O)c3ccn(COc4cc(C)cc(C)c4)n3)n2)c1. The van der Waals surface area contributed by atoms with E-state index in [1.54, 1.807) is 27.7 Å². The highest BCUT2D eigenvalue weighted by molar-refractivity contribution is 6.02. The highest BCUT2D eigenvalue weighted by Crippen LogP contribution is 2.16. The Kier molecular flexibility index (Phi) is 5.84. The van der Waals surface area contributed by atoms with Crippen LogP contribution in [0.5, 0.6) is 5.75 Å². The molecule has 0 aliphatic carbocycles. The summed E-state index contributed by atoms with van der Waals surface area (Å²) in [6.45, 7) is 6.98. The number of carbonyl (C=O) groups excluding carboxylic acids is 1. The topological polar surface area (TPSA) is 74.0 Å². The summed E-state index contributed by atoms with van der Waals surface area (Å²) in [5, 5.41) is 11.5. The molecular formula is C24H25N5O2. The van der Waals surface area contributed by atoms with E-state index in [1.165, 1.54) is 5.56 Å². The van der Waals surface area contributed by atoms with Crippen LogP contribution in [0.25, 0.3) is 0 Å². The molecule has 158 valence electrons. The van der Waals surface area contributed by atoms with Gasteiger partial charge in [-0.15, -0.1) is 0 Å². The summed E-state index contributed by atoms with van der Waals surface area (Å²) in [5.41, 5.74) is 4.94. The first kappa shape index (κ1) is 20.4. The number of nitrogens with zero attached hydrogens (tertiary/aromatic N) is 4. The third-order valence-electron chi connectivity index (χ3n) is 4.74. The van der Waals surface area contributed by atoms with E-state index in [1.807, 2.05) is 38.2 Å². The Morgan fingerprint density at radius 3 is 2.45 bits per heavy atom. The van der Waals surface area contributed by atoms with Gasteiger partial charge < -0.3 is 10.1 Å². The lowest BCUT2D eigenvalue weighted by Gasteiger charge is -2.08. The number of hydrogen-bond donors (Lipinski definition) is 1. The van der Waals surface area contributed by atoms with Gasteiger partial charge in [0, 0.05) is 18.5 Å². The predicted molar refractivity (Wildman–Crippen MR) is 119 cm³/mol. The van der Waals surface area contributed by atoms with E-state index in [2.05, 4.69) is 46.7 Å². The van der Waals surface area contributed by atoms with Crippen molar-refractivity contribution in [3.8, 4) is 5.75 Å². The van der Waals surface area contributed by atoms with Crippen molar-refractivity contribution >= 4 is 11.7 Å². The zero-order valence-corrected chi connectivity index (χ0v) is 17.9. The van der Waals surface area contributed by atoms with Gasteiger partial charge in [0.05, 0.1) is 6.54 Å². The molecule has 2 heterocycles.